The molecule has 146 valence electrons. The smallest absolute Gasteiger partial charge is 0.274 e. The maximum atomic E-state index is 13.1. The summed E-state index contributed by atoms with van der Waals surface area (Å²) in [5.74, 6) is 1.18. The average molecular weight is 402 g/mol. The number of nitrogens with one attached hydrogen (secondary N) is 1. The first kappa shape index (κ1) is 18.5. The van der Waals surface area contributed by atoms with Gasteiger partial charge in [0.15, 0.2) is 5.82 Å². The van der Waals surface area contributed by atoms with E-state index in [9.17, 15) is 4.79 Å². The Balaban J connectivity index is 1.55. The lowest BCUT2D eigenvalue weighted by molar-refractivity contribution is 0.0600. The fraction of sp³-hybridized carbons (Fsp3) is 0.368. The van der Waals surface area contributed by atoms with Gasteiger partial charge in [0, 0.05) is 30.9 Å². The number of methoxy groups -OCH3 is 1. The van der Waals surface area contributed by atoms with Crippen LogP contribution in [0.25, 0.3) is 11.6 Å². The molecule has 0 radical (unpaired) electrons. The zero-order valence-electron chi connectivity index (χ0n) is 15.6. The standard InChI is InChI=1S/C19H20ClN5O3/c1-11-5-6-12(16-23-18(28-24-16)15-8-13(20)9-22-15)10-25(11)19(26)14-4-3-7-21-17(14)27-2/h3-4,7-9,11-12,22H,5-6,10H2,1-2H3. The molecule has 0 spiro atoms. The minimum Gasteiger partial charge on any atom is -0.480 e. The predicted octanol–water partition coefficient (Wildman–Crippen LogP) is 3.53. The molecule has 4 heterocycles. The average Bonchev–Trinajstić information content (AvgIpc) is 3.37. The van der Waals surface area contributed by atoms with Gasteiger partial charge in [-0.05, 0) is 38.0 Å². The maximum absolute atomic E-state index is 13.1. The van der Waals surface area contributed by atoms with Crippen LogP contribution in [0.4, 0.5) is 0 Å². The van der Waals surface area contributed by atoms with E-state index in [0.29, 0.717) is 40.4 Å². The van der Waals surface area contributed by atoms with Crippen LogP contribution in [0.3, 0.4) is 0 Å². The molecule has 1 amide bonds. The van der Waals surface area contributed by atoms with Gasteiger partial charge >= 0.3 is 0 Å². The van der Waals surface area contributed by atoms with Crippen LogP contribution in [0.5, 0.6) is 5.88 Å². The normalized spacial score (nSPS) is 19.6. The van der Waals surface area contributed by atoms with Gasteiger partial charge in [-0.2, -0.15) is 4.98 Å². The number of likely N-dealkylation sites (tertiary alicyclic amines) is 1. The number of hydrogen-bond donors (Lipinski definition) is 1. The summed E-state index contributed by atoms with van der Waals surface area (Å²) < 4.78 is 10.6. The summed E-state index contributed by atoms with van der Waals surface area (Å²) in [6.07, 6.45) is 4.98. The Morgan fingerprint density at radius 2 is 2.29 bits per heavy atom. The summed E-state index contributed by atoms with van der Waals surface area (Å²) in [6, 6.07) is 5.29. The van der Waals surface area contributed by atoms with Crippen molar-refractivity contribution in [3.05, 3.63) is 47.0 Å². The van der Waals surface area contributed by atoms with Crippen molar-refractivity contribution < 1.29 is 14.1 Å². The molecule has 1 saturated heterocycles. The molecule has 3 aromatic rings. The highest BCUT2D eigenvalue weighted by Gasteiger charge is 2.34. The number of nitrogens with zero attached hydrogens (tertiary/aromatic N) is 4. The number of amides is 1. The molecule has 0 aromatic carbocycles. The molecule has 9 heteroatoms. The molecule has 28 heavy (non-hydrogen) atoms. The first-order chi connectivity index (χ1) is 13.6. The molecule has 1 fully saturated rings. The molecule has 2 unspecified atom stereocenters. The Bertz CT molecular complexity index is 985. The van der Waals surface area contributed by atoms with Crippen molar-refractivity contribution in [1.29, 1.82) is 0 Å². The third-order valence-electron chi connectivity index (χ3n) is 5.02. The molecule has 0 saturated carbocycles. The first-order valence-corrected chi connectivity index (χ1v) is 9.42. The van der Waals surface area contributed by atoms with Crippen molar-refractivity contribution in [2.24, 2.45) is 0 Å². The molecule has 1 aliphatic heterocycles. The van der Waals surface area contributed by atoms with E-state index in [0.717, 1.165) is 12.8 Å². The number of carbonyl (C=O) groups excluding carboxylic acids is 1. The molecule has 0 bridgehead atoms. The number of rotatable bonds is 4. The number of hydrogen-bond acceptors (Lipinski definition) is 6. The molecule has 1 N–H and O–H groups in total. The van der Waals surface area contributed by atoms with Gasteiger partial charge in [-0.25, -0.2) is 4.98 Å². The highest BCUT2D eigenvalue weighted by molar-refractivity contribution is 6.30. The van der Waals surface area contributed by atoms with Crippen LogP contribution in [0.15, 0.2) is 35.1 Å². The number of aromatic amines is 1. The van der Waals surface area contributed by atoms with Gasteiger partial charge in [0.1, 0.15) is 11.3 Å². The highest BCUT2D eigenvalue weighted by Crippen LogP contribution is 2.32. The number of carbonyl (C=O) groups is 1. The SMILES string of the molecule is COc1ncccc1C(=O)N1CC(c2noc(-c3cc(Cl)c[nH]3)n2)CCC1C. The van der Waals surface area contributed by atoms with E-state index in [1.165, 1.54) is 7.11 Å². The van der Waals surface area contributed by atoms with E-state index in [2.05, 4.69) is 20.1 Å². The molecule has 2 atom stereocenters. The second kappa shape index (κ2) is 7.63. The quantitative estimate of drug-likeness (QED) is 0.718. The zero-order valence-corrected chi connectivity index (χ0v) is 16.3. The van der Waals surface area contributed by atoms with Crippen LogP contribution in [0.2, 0.25) is 5.02 Å². The van der Waals surface area contributed by atoms with E-state index < -0.39 is 0 Å². The summed E-state index contributed by atoms with van der Waals surface area (Å²) in [5.41, 5.74) is 1.12. The fourth-order valence-electron chi connectivity index (χ4n) is 3.47. The van der Waals surface area contributed by atoms with E-state index in [-0.39, 0.29) is 17.9 Å². The number of halogens is 1. The van der Waals surface area contributed by atoms with Gasteiger partial charge in [0.2, 0.25) is 5.88 Å². The van der Waals surface area contributed by atoms with Gasteiger partial charge < -0.3 is 19.1 Å². The minimum absolute atomic E-state index is 0.00856. The summed E-state index contributed by atoms with van der Waals surface area (Å²) in [5, 5.41) is 4.70. The van der Waals surface area contributed by atoms with E-state index in [4.69, 9.17) is 20.9 Å². The Morgan fingerprint density at radius 3 is 3.04 bits per heavy atom. The van der Waals surface area contributed by atoms with Gasteiger partial charge in [-0.3, -0.25) is 4.79 Å². The lowest BCUT2D eigenvalue weighted by atomic mass is 9.92. The lowest BCUT2D eigenvalue weighted by Gasteiger charge is -2.37. The predicted molar refractivity (Wildman–Crippen MR) is 102 cm³/mol. The number of aromatic nitrogens is 4. The maximum Gasteiger partial charge on any atom is 0.274 e. The Hall–Kier alpha value is -2.87. The van der Waals surface area contributed by atoms with Crippen molar-refractivity contribution in [3.63, 3.8) is 0 Å². The van der Waals surface area contributed by atoms with Crippen LogP contribution in [-0.4, -0.2) is 50.6 Å². The van der Waals surface area contributed by atoms with Gasteiger partial charge in [0.05, 0.1) is 12.1 Å². The van der Waals surface area contributed by atoms with Crippen molar-refractivity contribution in [3.8, 4) is 17.5 Å². The second-order valence-corrected chi connectivity index (χ2v) is 7.27. The summed E-state index contributed by atoms with van der Waals surface area (Å²) in [6.45, 7) is 2.54. The first-order valence-electron chi connectivity index (χ1n) is 9.04. The third kappa shape index (κ3) is 3.47. The third-order valence-corrected chi connectivity index (χ3v) is 5.24. The van der Waals surface area contributed by atoms with Crippen molar-refractivity contribution >= 4 is 17.5 Å². The van der Waals surface area contributed by atoms with Crippen molar-refractivity contribution in [2.45, 2.75) is 31.7 Å². The summed E-state index contributed by atoms with van der Waals surface area (Å²) >= 11 is 5.94. The number of H-pyrrole nitrogens is 1. The van der Waals surface area contributed by atoms with Crippen LogP contribution < -0.4 is 4.74 Å². The van der Waals surface area contributed by atoms with Gasteiger partial charge in [-0.1, -0.05) is 16.8 Å². The molecule has 4 rings (SSSR count). The van der Waals surface area contributed by atoms with E-state index in [1.54, 1.807) is 30.6 Å². The highest BCUT2D eigenvalue weighted by atomic mass is 35.5. The monoisotopic (exact) mass is 401 g/mol. The largest absolute Gasteiger partial charge is 0.480 e. The van der Waals surface area contributed by atoms with Gasteiger partial charge in [-0.15, -0.1) is 0 Å². The van der Waals surface area contributed by atoms with Crippen molar-refractivity contribution in [1.82, 2.24) is 25.0 Å². The molecule has 8 nitrogen and oxygen atoms in total. The topological polar surface area (TPSA) is 97.1 Å². The van der Waals surface area contributed by atoms with E-state index in [1.807, 2.05) is 11.8 Å². The summed E-state index contributed by atoms with van der Waals surface area (Å²) in [4.78, 5) is 26.6. The molecular formula is C19H20ClN5O3. The van der Waals surface area contributed by atoms with Crippen LogP contribution in [0, 0.1) is 0 Å². The second-order valence-electron chi connectivity index (χ2n) is 6.83. The molecule has 3 aromatic heterocycles. The van der Waals surface area contributed by atoms with Crippen LogP contribution >= 0.6 is 11.6 Å². The van der Waals surface area contributed by atoms with Crippen LogP contribution in [0.1, 0.15) is 41.9 Å². The van der Waals surface area contributed by atoms with E-state index >= 15 is 0 Å². The zero-order chi connectivity index (χ0) is 19.7. The molecular weight excluding hydrogens is 382 g/mol. The van der Waals surface area contributed by atoms with Gasteiger partial charge in [0.25, 0.3) is 11.8 Å². The Labute approximate surface area is 166 Å². The lowest BCUT2D eigenvalue weighted by Crippen LogP contribution is -2.45. The Kier molecular flexibility index (Phi) is 5.04. The number of ether oxygens (including phenoxy) is 1. The minimum atomic E-state index is -0.109. The fourth-order valence-corrected chi connectivity index (χ4v) is 3.64. The molecule has 0 aliphatic carbocycles. The summed E-state index contributed by atoms with van der Waals surface area (Å²) in [7, 11) is 1.51. The molecule has 1 aliphatic rings. The van der Waals surface area contributed by atoms with Crippen molar-refractivity contribution in [2.75, 3.05) is 13.7 Å². The number of piperidine rings is 1. The Morgan fingerprint density at radius 1 is 1.43 bits per heavy atom. The van der Waals surface area contributed by atoms with Crippen LogP contribution in [-0.2, 0) is 0 Å². The number of pyridine rings is 1.